The van der Waals surface area contributed by atoms with Crippen molar-refractivity contribution < 1.29 is 4.79 Å². The van der Waals surface area contributed by atoms with Crippen LogP contribution >= 0.6 is 0 Å². The number of carbonyl (C=O) groups is 1. The predicted octanol–water partition coefficient (Wildman–Crippen LogP) is 2.64. The van der Waals surface area contributed by atoms with Crippen LogP contribution in [-0.4, -0.2) is 35.3 Å². The fourth-order valence-electron chi connectivity index (χ4n) is 3.63. The molecule has 2 unspecified atom stereocenters. The molecule has 0 spiro atoms. The van der Waals surface area contributed by atoms with Gasteiger partial charge in [-0.05, 0) is 25.0 Å². The first-order chi connectivity index (χ1) is 9.78. The van der Waals surface area contributed by atoms with Crippen LogP contribution < -0.4 is 0 Å². The highest BCUT2D eigenvalue weighted by Crippen LogP contribution is 2.35. The van der Waals surface area contributed by atoms with Crippen molar-refractivity contribution in [3.8, 4) is 0 Å². The molecule has 0 amide bonds. The van der Waals surface area contributed by atoms with Crippen LogP contribution in [0.25, 0.3) is 10.9 Å². The van der Waals surface area contributed by atoms with E-state index in [0.717, 1.165) is 42.8 Å². The SMILES string of the molecule is C/C=C1/CN2CCc3c([nH]c4ccccc34)C(C2)C1=O. The fourth-order valence-corrected chi connectivity index (χ4v) is 3.63. The highest BCUT2D eigenvalue weighted by atomic mass is 16.1. The summed E-state index contributed by atoms with van der Waals surface area (Å²) in [4.78, 5) is 18.6. The Morgan fingerprint density at radius 1 is 1.35 bits per heavy atom. The molecule has 3 heterocycles. The van der Waals surface area contributed by atoms with Gasteiger partial charge in [0.1, 0.15) is 0 Å². The number of nitrogens with zero attached hydrogens (tertiary/aromatic N) is 1. The van der Waals surface area contributed by atoms with Gasteiger partial charge in [-0.1, -0.05) is 24.3 Å². The van der Waals surface area contributed by atoms with Gasteiger partial charge in [0.2, 0.25) is 0 Å². The Bertz CT molecular complexity index is 726. The molecule has 3 heteroatoms. The quantitative estimate of drug-likeness (QED) is 0.744. The van der Waals surface area contributed by atoms with Crippen LogP contribution in [0, 0.1) is 0 Å². The molecule has 1 fully saturated rings. The maximum atomic E-state index is 12.6. The number of nitrogens with one attached hydrogen (secondary N) is 1. The van der Waals surface area contributed by atoms with Gasteiger partial charge in [0.25, 0.3) is 0 Å². The van der Waals surface area contributed by atoms with Crippen LogP contribution in [-0.2, 0) is 11.2 Å². The molecule has 0 radical (unpaired) electrons. The summed E-state index contributed by atoms with van der Waals surface area (Å²) >= 11 is 0. The summed E-state index contributed by atoms with van der Waals surface area (Å²) in [5, 5.41) is 1.28. The predicted molar refractivity (Wildman–Crippen MR) is 79.9 cm³/mol. The van der Waals surface area contributed by atoms with Gasteiger partial charge >= 0.3 is 0 Å². The van der Waals surface area contributed by atoms with Crippen molar-refractivity contribution in [3.63, 3.8) is 0 Å². The number of fused-ring (bicyclic) bond motifs is 6. The Hall–Kier alpha value is -1.87. The number of ketones is 1. The monoisotopic (exact) mass is 266 g/mol. The van der Waals surface area contributed by atoms with Crippen LogP contribution in [0.4, 0.5) is 0 Å². The Morgan fingerprint density at radius 3 is 3.05 bits per heavy atom. The molecule has 0 saturated carbocycles. The summed E-state index contributed by atoms with van der Waals surface area (Å²) < 4.78 is 0. The van der Waals surface area contributed by atoms with Gasteiger partial charge in [-0.2, -0.15) is 0 Å². The van der Waals surface area contributed by atoms with Crippen molar-refractivity contribution in [3.05, 3.63) is 47.2 Å². The van der Waals surface area contributed by atoms with Crippen molar-refractivity contribution in [2.24, 2.45) is 0 Å². The average Bonchev–Trinajstić information content (AvgIpc) is 2.77. The third-order valence-electron chi connectivity index (χ3n) is 4.69. The first kappa shape index (κ1) is 11.9. The molecule has 2 bridgehead atoms. The summed E-state index contributed by atoms with van der Waals surface area (Å²) in [5.41, 5.74) is 4.62. The molecule has 1 aromatic heterocycles. The smallest absolute Gasteiger partial charge is 0.170 e. The van der Waals surface area contributed by atoms with E-state index in [4.69, 9.17) is 0 Å². The first-order valence-corrected chi connectivity index (χ1v) is 7.29. The number of allylic oxidation sites excluding steroid dienone is 1. The summed E-state index contributed by atoms with van der Waals surface area (Å²) in [7, 11) is 0. The Morgan fingerprint density at radius 2 is 2.20 bits per heavy atom. The number of Topliss-reactive ketones (excluding diaryl/α,β-unsaturated/α-hetero) is 1. The number of hydrogen-bond donors (Lipinski definition) is 1. The summed E-state index contributed by atoms with van der Waals surface area (Å²) in [6.45, 7) is 4.68. The summed E-state index contributed by atoms with van der Waals surface area (Å²) in [5.74, 6) is 0.290. The van der Waals surface area contributed by atoms with E-state index in [1.807, 2.05) is 19.1 Å². The van der Waals surface area contributed by atoms with Gasteiger partial charge in [-0.3, -0.25) is 9.69 Å². The van der Waals surface area contributed by atoms with E-state index in [0.29, 0.717) is 5.78 Å². The number of carbonyl (C=O) groups excluding carboxylic acids is 1. The van der Waals surface area contributed by atoms with Crippen LogP contribution in [0.1, 0.15) is 24.1 Å². The Balaban J connectivity index is 1.92. The minimum atomic E-state index is -0.0140. The number of aromatic nitrogens is 1. The average molecular weight is 266 g/mol. The van der Waals surface area contributed by atoms with E-state index in [1.54, 1.807) is 0 Å². The third-order valence-corrected chi connectivity index (χ3v) is 4.69. The lowest BCUT2D eigenvalue weighted by Crippen LogP contribution is -2.40. The lowest BCUT2D eigenvalue weighted by molar-refractivity contribution is -0.118. The van der Waals surface area contributed by atoms with Crippen LogP contribution in [0.15, 0.2) is 35.9 Å². The number of para-hydroxylation sites is 1. The van der Waals surface area contributed by atoms with Crippen molar-refractivity contribution in [1.82, 2.24) is 9.88 Å². The van der Waals surface area contributed by atoms with Gasteiger partial charge in [0, 0.05) is 41.8 Å². The van der Waals surface area contributed by atoms with Gasteiger partial charge in [0.15, 0.2) is 5.78 Å². The van der Waals surface area contributed by atoms with Gasteiger partial charge in [0.05, 0.1) is 5.92 Å². The molecular weight excluding hydrogens is 248 g/mol. The molecule has 2 aliphatic heterocycles. The summed E-state index contributed by atoms with van der Waals surface area (Å²) in [6.07, 6.45) is 3.01. The zero-order chi connectivity index (χ0) is 13.7. The second-order valence-corrected chi connectivity index (χ2v) is 5.78. The number of hydrogen-bond acceptors (Lipinski definition) is 2. The highest BCUT2D eigenvalue weighted by molar-refractivity contribution is 6.02. The molecule has 4 rings (SSSR count). The van der Waals surface area contributed by atoms with Crippen LogP contribution in [0.2, 0.25) is 0 Å². The van der Waals surface area contributed by atoms with Gasteiger partial charge in [-0.15, -0.1) is 0 Å². The van der Waals surface area contributed by atoms with E-state index < -0.39 is 0 Å². The van der Waals surface area contributed by atoms with Crippen LogP contribution in [0.3, 0.4) is 0 Å². The molecule has 1 N–H and O–H groups in total. The standard InChI is InChI=1S/C17H18N2O/c1-2-11-9-19-8-7-13-12-5-3-4-6-15(12)18-16(13)14(10-19)17(11)20/h2-6,14,18H,7-10H2,1H3/b11-2-. The van der Waals surface area contributed by atoms with Crippen molar-refractivity contribution in [2.75, 3.05) is 19.6 Å². The van der Waals surface area contributed by atoms with Crippen molar-refractivity contribution in [2.45, 2.75) is 19.3 Å². The maximum Gasteiger partial charge on any atom is 0.170 e. The van der Waals surface area contributed by atoms with Crippen molar-refractivity contribution in [1.29, 1.82) is 0 Å². The molecule has 1 aromatic carbocycles. The van der Waals surface area contributed by atoms with E-state index >= 15 is 0 Å². The Labute approximate surface area is 118 Å². The molecule has 3 nitrogen and oxygen atoms in total. The third kappa shape index (κ3) is 1.59. The van der Waals surface area contributed by atoms with Crippen LogP contribution in [0.5, 0.6) is 0 Å². The van der Waals surface area contributed by atoms with E-state index in [9.17, 15) is 4.79 Å². The zero-order valence-corrected chi connectivity index (χ0v) is 11.6. The zero-order valence-electron chi connectivity index (χ0n) is 11.6. The highest BCUT2D eigenvalue weighted by Gasteiger charge is 2.36. The van der Waals surface area contributed by atoms with E-state index in [2.05, 4.69) is 28.1 Å². The number of rotatable bonds is 0. The lowest BCUT2D eigenvalue weighted by atomic mass is 9.89. The minimum absolute atomic E-state index is 0.0140. The molecule has 2 atom stereocenters. The topological polar surface area (TPSA) is 36.1 Å². The number of piperidine rings is 1. The van der Waals surface area contributed by atoms with Gasteiger partial charge < -0.3 is 4.98 Å². The molecule has 0 aliphatic carbocycles. The second kappa shape index (κ2) is 4.32. The Kier molecular flexibility index (Phi) is 2.57. The van der Waals surface area contributed by atoms with Gasteiger partial charge in [-0.25, -0.2) is 0 Å². The molecule has 1 saturated heterocycles. The lowest BCUT2D eigenvalue weighted by Gasteiger charge is -2.30. The molecule has 102 valence electrons. The summed E-state index contributed by atoms with van der Waals surface area (Å²) in [6, 6.07) is 8.39. The van der Waals surface area contributed by atoms with E-state index in [-0.39, 0.29) is 5.92 Å². The second-order valence-electron chi connectivity index (χ2n) is 5.78. The van der Waals surface area contributed by atoms with Crippen molar-refractivity contribution >= 4 is 16.7 Å². The number of H-pyrrole nitrogens is 1. The number of aromatic amines is 1. The normalized spacial score (nSPS) is 27.6. The minimum Gasteiger partial charge on any atom is -0.358 e. The first-order valence-electron chi connectivity index (χ1n) is 7.29. The van der Waals surface area contributed by atoms with E-state index in [1.165, 1.54) is 10.9 Å². The molecule has 20 heavy (non-hydrogen) atoms. The fraction of sp³-hybridized carbons (Fsp3) is 0.353. The largest absolute Gasteiger partial charge is 0.358 e. The molecular formula is C17H18N2O. The molecule has 2 aliphatic rings. The molecule has 2 aromatic rings. The number of benzene rings is 1. The maximum absolute atomic E-state index is 12.6.